The van der Waals surface area contributed by atoms with Crippen molar-refractivity contribution in [3.8, 4) is 0 Å². The Morgan fingerprint density at radius 2 is 2.08 bits per heavy atom. The van der Waals surface area contributed by atoms with Gasteiger partial charge in [0.1, 0.15) is 0 Å². The van der Waals surface area contributed by atoms with E-state index in [1.807, 2.05) is 0 Å². The zero-order valence-corrected chi connectivity index (χ0v) is 7.85. The van der Waals surface area contributed by atoms with Gasteiger partial charge in [-0.05, 0) is 25.2 Å². The van der Waals surface area contributed by atoms with E-state index in [4.69, 9.17) is 9.88 Å². The lowest BCUT2D eigenvalue weighted by Crippen LogP contribution is -2.17. The van der Waals surface area contributed by atoms with Gasteiger partial charge in [-0.25, -0.2) is 13.6 Å². The maximum Gasteiger partial charge on any atom is 0.209 e. The molecule has 0 amide bonds. The molecule has 0 atom stereocenters. The molecule has 5 heteroatoms. The highest BCUT2D eigenvalue weighted by atomic mass is 32.2. The van der Waals surface area contributed by atoms with Gasteiger partial charge in [-0.1, -0.05) is 0 Å². The summed E-state index contributed by atoms with van der Waals surface area (Å²) in [5, 5.41) is 4.81. The van der Waals surface area contributed by atoms with Gasteiger partial charge in [0.15, 0.2) is 0 Å². The maximum atomic E-state index is 10.5. The molecule has 4 nitrogen and oxygen atoms in total. The van der Waals surface area contributed by atoms with Gasteiger partial charge in [0.2, 0.25) is 10.0 Å². The lowest BCUT2D eigenvalue weighted by Gasteiger charge is -2.01. The molecule has 1 fully saturated rings. The molecule has 0 saturated heterocycles. The van der Waals surface area contributed by atoms with Crippen molar-refractivity contribution < 1.29 is 13.2 Å². The first-order chi connectivity index (χ1) is 5.58. The highest BCUT2D eigenvalue weighted by Gasteiger charge is 2.20. The van der Waals surface area contributed by atoms with E-state index in [1.165, 1.54) is 12.8 Å². The number of hydrogen-bond donors (Lipinski definition) is 1. The molecule has 0 heterocycles. The van der Waals surface area contributed by atoms with E-state index < -0.39 is 10.0 Å². The lowest BCUT2D eigenvalue weighted by atomic mass is 10.4. The van der Waals surface area contributed by atoms with Crippen LogP contribution in [0.2, 0.25) is 0 Å². The van der Waals surface area contributed by atoms with Crippen molar-refractivity contribution in [2.45, 2.75) is 19.3 Å². The molecule has 0 spiro atoms. The van der Waals surface area contributed by atoms with Gasteiger partial charge < -0.3 is 4.74 Å². The van der Waals surface area contributed by atoms with Crippen LogP contribution >= 0.6 is 0 Å². The Labute approximate surface area is 73.1 Å². The van der Waals surface area contributed by atoms with Crippen LogP contribution in [0.1, 0.15) is 19.3 Å². The molecular formula is C7H15NO3S. The van der Waals surface area contributed by atoms with E-state index in [1.54, 1.807) is 0 Å². The smallest absolute Gasteiger partial charge is 0.209 e. The second-order valence-corrected chi connectivity index (χ2v) is 4.97. The Bertz CT molecular complexity index is 221. The van der Waals surface area contributed by atoms with Crippen LogP contribution in [-0.2, 0) is 14.8 Å². The molecule has 2 N–H and O–H groups in total. The molecular weight excluding hydrogens is 178 g/mol. The van der Waals surface area contributed by atoms with Crippen LogP contribution < -0.4 is 5.14 Å². The van der Waals surface area contributed by atoms with E-state index in [-0.39, 0.29) is 5.75 Å². The fourth-order valence-corrected chi connectivity index (χ4v) is 1.42. The quantitative estimate of drug-likeness (QED) is 0.608. The normalized spacial score (nSPS) is 18.1. The largest absolute Gasteiger partial charge is 0.381 e. The first-order valence-electron chi connectivity index (χ1n) is 4.16. The predicted molar refractivity (Wildman–Crippen MR) is 46.1 cm³/mol. The first-order valence-corrected chi connectivity index (χ1v) is 5.88. The highest BCUT2D eigenvalue weighted by molar-refractivity contribution is 7.89. The number of nitrogens with two attached hydrogens (primary N) is 1. The van der Waals surface area contributed by atoms with Crippen LogP contribution in [0.15, 0.2) is 0 Å². The summed E-state index contributed by atoms with van der Waals surface area (Å²) < 4.78 is 26.2. The van der Waals surface area contributed by atoms with Gasteiger partial charge in [0.05, 0.1) is 5.75 Å². The van der Waals surface area contributed by atoms with E-state index in [9.17, 15) is 8.42 Å². The molecule has 1 aliphatic rings. The minimum absolute atomic E-state index is 0.0255. The van der Waals surface area contributed by atoms with Crippen LogP contribution in [0.25, 0.3) is 0 Å². The summed E-state index contributed by atoms with van der Waals surface area (Å²) in [5.74, 6) is 0.761. The SMILES string of the molecule is NS(=O)(=O)CCCOCC1CC1. The van der Waals surface area contributed by atoms with Crippen LogP contribution in [0.4, 0.5) is 0 Å². The van der Waals surface area contributed by atoms with Gasteiger partial charge in [-0.15, -0.1) is 0 Å². The zero-order chi connectivity index (χ0) is 9.03. The summed E-state index contributed by atoms with van der Waals surface area (Å²) in [6.45, 7) is 1.29. The summed E-state index contributed by atoms with van der Waals surface area (Å²) in [5.41, 5.74) is 0. The molecule has 0 aromatic heterocycles. The van der Waals surface area contributed by atoms with Crippen molar-refractivity contribution in [1.82, 2.24) is 0 Å². The van der Waals surface area contributed by atoms with Gasteiger partial charge in [-0.2, -0.15) is 0 Å². The lowest BCUT2D eigenvalue weighted by molar-refractivity contribution is 0.125. The molecule has 0 bridgehead atoms. The minimum atomic E-state index is -3.29. The second kappa shape index (κ2) is 4.20. The number of hydrogen-bond acceptors (Lipinski definition) is 3. The Kier molecular flexibility index (Phi) is 3.49. The van der Waals surface area contributed by atoms with Crippen LogP contribution in [0.3, 0.4) is 0 Å². The Hall–Kier alpha value is -0.130. The molecule has 1 saturated carbocycles. The standard InChI is InChI=1S/C7H15NO3S/c8-12(9,10)5-1-4-11-6-7-2-3-7/h7H,1-6H2,(H2,8,9,10). The zero-order valence-electron chi connectivity index (χ0n) is 7.03. The Balaban J connectivity index is 1.88. The van der Waals surface area contributed by atoms with E-state index in [0.29, 0.717) is 13.0 Å². The number of ether oxygens (including phenoxy) is 1. The van der Waals surface area contributed by atoms with Crippen molar-refractivity contribution in [1.29, 1.82) is 0 Å². The molecule has 1 aliphatic carbocycles. The molecule has 1 rings (SSSR count). The Morgan fingerprint density at radius 3 is 2.58 bits per heavy atom. The third-order valence-electron chi connectivity index (χ3n) is 1.77. The van der Waals surface area contributed by atoms with Crippen LogP contribution in [0, 0.1) is 5.92 Å². The van der Waals surface area contributed by atoms with Crippen molar-refractivity contribution in [2.24, 2.45) is 11.1 Å². The first kappa shape index (κ1) is 9.95. The third-order valence-corrected chi connectivity index (χ3v) is 2.63. The maximum absolute atomic E-state index is 10.5. The molecule has 0 aromatic carbocycles. The van der Waals surface area contributed by atoms with E-state index >= 15 is 0 Å². The fraction of sp³-hybridized carbons (Fsp3) is 1.00. The summed E-state index contributed by atoms with van der Waals surface area (Å²) in [6.07, 6.45) is 3.02. The average molecular weight is 193 g/mol. The van der Waals surface area contributed by atoms with Crippen molar-refractivity contribution in [3.05, 3.63) is 0 Å². The topological polar surface area (TPSA) is 69.4 Å². The summed E-state index contributed by atoms with van der Waals surface area (Å²) in [7, 11) is -3.29. The molecule has 12 heavy (non-hydrogen) atoms. The van der Waals surface area contributed by atoms with Gasteiger partial charge in [0, 0.05) is 13.2 Å². The highest BCUT2D eigenvalue weighted by Crippen LogP contribution is 2.28. The number of sulfonamides is 1. The van der Waals surface area contributed by atoms with Crippen LogP contribution in [-0.4, -0.2) is 27.4 Å². The van der Waals surface area contributed by atoms with Crippen molar-refractivity contribution in [3.63, 3.8) is 0 Å². The molecule has 0 aliphatic heterocycles. The number of rotatable bonds is 6. The summed E-state index contributed by atoms with van der Waals surface area (Å²) in [6, 6.07) is 0. The Morgan fingerprint density at radius 1 is 1.42 bits per heavy atom. The van der Waals surface area contributed by atoms with E-state index in [0.717, 1.165) is 12.5 Å². The van der Waals surface area contributed by atoms with Crippen molar-refractivity contribution in [2.75, 3.05) is 19.0 Å². The molecule has 0 aromatic rings. The van der Waals surface area contributed by atoms with Crippen molar-refractivity contribution >= 4 is 10.0 Å². The van der Waals surface area contributed by atoms with Gasteiger partial charge in [-0.3, -0.25) is 0 Å². The molecule has 72 valence electrons. The van der Waals surface area contributed by atoms with E-state index in [2.05, 4.69) is 0 Å². The third kappa shape index (κ3) is 5.51. The van der Waals surface area contributed by atoms with Crippen LogP contribution in [0.5, 0.6) is 0 Å². The summed E-state index contributed by atoms with van der Waals surface area (Å²) in [4.78, 5) is 0. The molecule has 0 radical (unpaired) electrons. The minimum Gasteiger partial charge on any atom is -0.381 e. The molecule has 0 unspecified atom stereocenters. The monoisotopic (exact) mass is 193 g/mol. The van der Waals surface area contributed by atoms with Gasteiger partial charge in [0.25, 0.3) is 0 Å². The number of primary sulfonamides is 1. The summed E-state index contributed by atoms with van der Waals surface area (Å²) >= 11 is 0. The van der Waals surface area contributed by atoms with Gasteiger partial charge >= 0.3 is 0 Å². The predicted octanol–water partition coefficient (Wildman–Crippen LogP) is 0.0916. The fourth-order valence-electron chi connectivity index (χ4n) is 0.897. The average Bonchev–Trinajstić information content (AvgIpc) is 2.68. The second-order valence-electron chi connectivity index (χ2n) is 3.24.